The van der Waals surface area contributed by atoms with Crippen molar-refractivity contribution < 1.29 is 18.0 Å². The van der Waals surface area contributed by atoms with E-state index in [1.54, 1.807) is 12.1 Å². The van der Waals surface area contributed by atoms with Crippen molar-refractivity contribution in [2.75, 3.05) is 5.32 Å². The molecule has 3 rings (SSSR count). The lowest BCUT2D eigenvalue weighted by Gasteiger charge is -2.14. The number of nitrogens with zero attached hydrogens (tertiary/aromatic N) is 1. The Balaban J connectivity index is 1.91. The Morgan fingerprint density at radius 1 is 1.28 bits per heavy atom. The normalized spacial score (nSPS) is 14.4. The Kier molecular flexibility index (Phi) is 4.51. The van der Waals surface area contributed by atoms with Gasteiger partial charge in [-0.05, 0) is 55.7 Å². The van der Waals surface area contributed by atoms with Gasteiger partial charge in [-0.2, -0.15) is 13.2 Å². The molecular weight excluding hydrogens is 331 g/mol. The molecule has 0 spiro atoms. The summed E-state index contributed by atoms with van der Waals surface area (Å²) in [5.74, 6) is -0.210. The maximum absolute atomic E-state index is 13.0. The molecule has 1 aliphatic carbocycles. The molecule has 1 heterocycles. The Morgan fingerprint density at radius 2 is 2.00 bits per heavy atom. The van der Waals surface area contributed by atoms with Crippen molar-refractivity contribution in [1.82, 2.24) is 4.98 Å². The van der Waals surface area contributed by atoms with Crippen LogP contribution in [0.15, 0.2) is 30.3 Å². The Labute approximate surface area is 143 Å². The summed E-state index contributed by atoms with van der Waals surface area (Å²) in [5, 5.41) is 2.55. The van der Waals surface area contributed by atoms with Crippen molar-refractivity contribution in [3.63, 3.8) is 0 Å². The molecule has 1 aromatic heterocycles. The van der Waals surface area contributed by atoms with Crippen LogP contribution in [-0.2, 0) is 12.7 Å². The molecule has 0 bridgehead atoms. The summed E-state index contributed by atoms with van der Waals surface area (Å²) in [6, 6.07) is 6.74. The van der Waals surface area contributed by atoms with Gasteiger partial charge < -0.3 is 11.1 Å². The number of pyridine rings is 1. The lowest BCUT2D eigenvalue weighted by Crippen LogP contribution is -2.17. The highest BCUT2D eigenvalue weighted by molar-refractivity contribution is 6.05. The second-order valence-corrected chi connectivity index (χ2v) is 6.23. The van der Waals surface area contributed by atoms with E-state index in [0.717, 1.165) is 30.7 Å². The molecule has 1 aromatic carbocycles. The number of alkyl halides is 3. The molecule has 3 N–H and O–H groups in total. The van der Waals surface area contributed by atoms with Gasteiger partial charge in [0.05, 0.1) is 16.8 Å². The minimum atomic E-state index is -4.50. The molecule has 1 aliphatic rings. The van der Waals surface area contributed by atoms with Gasteiger partial charge in [0.2, 0.25) is 0 Å². The summed E-state index contributed by atoms with van der Waals surface area (Å²) in [6.07, 6.45) is -2.57. The molecule has 4 nitrogen and oxygen atoms in total. The van der Waals surface area contributed by atoms with Crippen LogP contribution in [0, 0.1) is 6.92 Å². The maximum atomic E-state index is 13.0. The van der Waals surface area contributed by atoms with E-state index >= 15 is 0 Å². The van der Waals surface area contributed by atoms with Crippen LogP contribution < -0.4 is 11.1 Å². The SMILES string of the molecule is Cc1ccc(C(=O)Nc2cc(CN)cc(C(F)(F)F)c2)c(C2CC2)n1. The van der Waals surface area contributed by atoms with E-state index < -0.39 is 17.6 Å². The van der Waals surface area contributed by atoms with Crippen LogP contribution in [0.1, 0.15) is 51.6 Å². The highest BCUT2D eigenvalue weighted by atomic mass is 19.4. The average Bonchev–Trinajstić information content (AvgIpc) is 3.38. The number of aryl methyl sites for hydroxylation is 1. The number of nitrogens with one attached hydrogen (secondary N) is 1. The number of hydrogen-bond acceptors (Lipinski definition) is 3. The third-order valence-electron chi connectivity index (χ3n) is 4.09. The smallest absolute Gasteiger partial charge is 0.326 e. The summed E-state index contributed by atoms with van der Waals surface area (Å²) >= 11 is 0. The van der Waals surface area contributed by atoms with E-state index in [1.807, 2.05) is 6.92 Å². The third kappa shape index (κ3) is 3.99. The fourth-order valence-electron chi connectivity index (χ4n) is 2.68. The molecule has 1 amide bonds. The van der Waals surface area contributed by atoms with Crippen LogP contribution >= 0.6 is 0 Å². The minimum absolute atomic E-state index is 0.0494. The van der Waals surface area contributed by atoms with Crippen LogP contribution in [0.2, 0.25) is 0 Å². The minimum Gasteiger partial charge on any atom is -0.326 e. The monoisotopic (exact) mass is 349 g/mol. The molecule has 25 heavy (non-hydrogen) atoms. The number of benzene rings is 1. The van der Waals surface area contributed by atoms with Crippen molar-refractivity contribution in [2.24, 2.45) is 5.73 Å². The first-order valence-corrected chi connectivity index (χ1v) is 7.98. The summed E-state index contributed by atoms with van der Waals surface area (Å²) in [4.78, 5) is 17.0. The molecule has 0 aliphatic heterocycles. The van der Waals surface area contributed by atoms with Crippen LogP contribution in [-0.4, -0.2) is 10.9 Å². The molecule has 0 saturated heterocycles. The molecule has 0 atom stereocenters. The number of halogens is 3. The molecule has 0 radical (unpaired) electrons. The van der Waals surface area contributed by atoms with Crippen LogP contribution in [0.4, 0.5) is 18.9 Å². The summed E-state index contributed by atoms with van der Waals surface area (Å²) in [5.41, 5.74) is 6.93. The molecule has 7 heteroatoms. The molecule has 1 saturated carbocycles. The number of carbonyl (C=O) groups excluding carboxylic acids is 1. The van der Waals surface area contributed by atoms with Crippen LogP contribution in [0.25, 0.3) is 0 Å². The molecular formula is C18H18F3N3O. The van der Waals surface area contributed by atoms with Crippen molar-refractivity contribution in [1.29, 1.82) is 0 Å². The van der Waals surface area contributed by atoms with E-state index in [-0.39, 0.29) is 18.2 Å². The first-order valence-electron chi connectivity index (χ1n) is 7.98. The number of rotatable bonds is 4. The fourth-order valence-corrected chi connectivity index (χ4v) is 2.68. The first-order chi connectivity index (χ1) is 11.8. The van der Waals surface area contributed by atoms with Gasteiger partial charge >= 0.3 is 6.18 Å². The van der Waals surface area contributed by atoms with Gasteiger partial charge in [0.1, 0.15) is 0 Å². The summed E-state index contributed by atoms with van der Waals surface area (Å²) < 4.78 is 39.0. The van der Waals surface area contributed by atoms with Gasteiger partial charge in [-0.15, -0.1) is 0 Å². The predicted molar refractivity (Wildman–Crippen MR) is 88.2 cm³/mol. The second kappa shape index (κ2) is 6.48. The zero-order valence-electron chi connectivity index (χ0n) is 13.7. The number of nitrogens with two attached hydrogens (primary N) is 1. The number of hydrogen-bond donors (Lipinski definition) is 2. The Morgan fingerprint density at radius 3 is 2.60 bits per heavy atom. The Hall–Kier alpha value is -2.41. The fraction of sp³-hybridized carbons (Fsp3) is 0.333. The first kappa shape index (κ1) is 17.4. The number of carbonyl (C=O) groups is 1. The van der Waals surface area contributed by atoms with Crippen molar-refractivity contribution >= 4 is 11.6 Å². The zero-order chi connectivity index (χ0) is 18.2. The molecule has 132 valence electrons. The van der Waals surface area contributed by atoms with Gasteiger partial charge in [-0.25, -0.2) is 0 Å². The summed E-state index contributed by atoms with van der Waals surface area (Å²) in [6.45, 7) is 1.79. The van der Waals surface area contributed by atoms with Crippen molar-refractivity contribution in [2.45, 2.75) is 38.4 Å². The standard InChI is InChI=1S/C18H18F3N3O/c1-10-2-5-15(16(23-10)12-3-4-12)17(25)24-14-7-11(9-22)6-13(8-14)18(19,20)21/h2,5-8,12H,3-4,9,22H2,1H3,(H,24,25). The highest BCUT2D eigenvalue weighted by Gasteiger charge is 2.32. The maximum Gasteiger partial charge on any atom is 0.416 e. The van der Waals surface area contributed by atoms with Gasteiger partial charge in [0.25, 0.3) is 5.91 Å². The van der Waals surface area contributed by atoms with E-state index in [2.05, 4.69) is 10.3 Å². The number of amides is 1. The molecule has 0 unspecified atom stereocenters. The van der Waals surface area contributed by atoms with Crippen molar-refractivity contribution in [3.8, 4) is 0 Å². The van der Waals surface area contributed by atoms with Gasteiger partial charge in [0, 0.05) is 23.8 Å². The summed E-state index contributed by atoms with van der Waals surface area (Å²) in [7, 11) is 0. The van der Waals surface area contributed by atoms with E-state index in [9.17, 15) is 18.0 Å². The van der Waals surface area contributed by atoms with Crippen LogP contribution in [0.5, 0.6) is 0 Å². The molecule has 2 aromatic rings. The third-order valence-corrected chi connectivity index (χ3v) is 4.09. The van der Waals surface area contributed by atoms with E-state index in [4.69, 9.17) is 5.73 Å². The van der Waals surface area contributed by atoms with Gasteiger partial charge in [0.15, 0.2) is 0 Å². The Bertz CT molecular complexity index is 814. The highest BCUT2D eigenvalue weighted by Crippen LogP contribution is 2.41. The zero-order valence-corrected chi connectivity index (χ0v) is 13.7. The average molecular weight is 349 g/mol. The molecule has 1 fully saturated rings. The topological polar surface area (TPSA) is 68.0 Å². The predicted octanol–water partition coefficient (Wildman–Crippen LogP) is 4.00. The van der Waals surface area contributed by atoms with E-state index in [1.165, 1.54) is 6.07 Å². The van der Waals surface area contributed by atoms with Crippen molar-refractivity contribution in [3.05, 3.63) is 58.4 Å². The lowest BCUT2D eigenvalue weighted by molar-refractivity contribution is -0.137. The lowest BCUT2D eigenvalue weighted by atomic mass is 10.1. The van der Waals surface area contributed by atoms with Gasteiger partial charge in [-0.3, -0.25) is 9.78 Å². The number of aromatic nitrogens is 1. The second-order valence-electron chi connectivity index (χ2n) is 6.23. The van der Waals surface area contributed by atoms with E-state index in [0.29, 0.717) is 16.8 Å². The largest absolute Gasteiger partial charge is 0.416 e. The van der Waals surface area contributed by atoms with Gasteiger partial charge in [-0.1, -0.05) is 0 Å². The van der Waals surface area contributed by atoms with Crippen LogP contribution in [0.3, 0.4) is 0 Å². The number of anilines is 1. The quantitative estimate of drug-likeness (QED) is 0.877.